The number of anilines is 2. The van der Waals surface area contributed by atoms with Crippen molar-refractivity contribution in [2.75, 3.05) is 37.7 Å². The maximum absolute atomic E-state index is 12.4. The summed E-state index contributed by atoms with van der Waals surface area (Å²) in [5, 5.41) is 7.78. The van der Waals surface area contributed by atoms with E-state index >= 15 is 0 Å². The molecule has 13 nitrogen and oxygen atoms in total. The molecule has 4 aromatic rings. The van der Waals surface area contributed by atoms with Crippen LogP contribution in [0.5, 0.6) is 0 Å². The summed E-state index contributed by atoms with van der Waals surface area (Å²) in [6, 6.07) is 7.38. The van der Waals surface area contributed by atoms with Gasteiger partial charge >= 0.3 is 6.03 Å². The minimum atomic E-state index is -0.739. The molecule has 41 heavy (non-hydrogen) atoms. The average molecular weight is 580 g/mol. The molecule has 2 aliphatic heterocycles. The van der Waals surface area contributed by atoms with Gasteiger partial charge in [-0.2, -0.15) is 0 Å². The van der Waals surface area contributed by atoms with E-state index in [1.54, 1.807) is 23.2 Å². The maximum Gasteiger partial charge on any atom is 0.319 e. The van der Waals surface area contributed by atoms with Crippen molar-refractivity contribution in [2.45, 2.75) is 50.6 Å². The van der Waals surface area contributed by atoms with Crippen molar-refractivity contribution >= 4 is 40.0 Å². The van der Waals surface area contributed by atoms with Crippen LogP contribution in [0.2, 0.25) is 0 Å². The topological polar surface area (TPSA) is 155 Å². The van der Waals surface area contributed by atoms with Crippen molar-refractivity contribution < 1.29 is 19.0 Å². The van der Waals surface area contributed by atoms with Gasteiger partial charge in [0.05, 0.1) is 17.5 Å². The van der Waals surface area contributed by atoms with Gasteiger partial charge in [0, 0.05) is 29.7 Å². The second-order valence-corrected chi connectivity index (χ2v) is 11.4. The molecule has 5 heterocycles. The second-order valence-electron chi connectivity index (χ2n) is 10.7. The van der Waals surface area contributed by atoms with Crippen molar-refractivity contribution in [1.82, 2.24) is 34.7 Å². The van der Waals surface area contributed by atoms with Gasteiger partial charge in [-0.1, -0.05) is 12.1 Å². The van der Waals surface area contributed by atoms with Crippen LogP contribution in [-0.2, 0) is 14.2 Å². The number of carbonyl (C=O) groups excluding carboxylic acids is 1. The summed E-state index contributed by atoms with van der Waals surface area (Å²) in [5.41, 5.74) is 11.6. The van der Waals surface area contributed by atoms with Crippen LogP contribution in [0.3, 0.4) is 0 Å². The van der Waals surface area contributed by atoms with Crippen LogP contribution in [0.25, 0.3) is 22.4 Å². The first-order valence-corrected chi connectivity index (χ1v) is 14.4. The lowest BCUT2D eigenvalue weighted by molar-refractivity contribution is -0.197. The molecule has 2 amide bonds. The molecule has 0 aliphatic carbocycles. The third kappa shape index (κ3) is 5.87. The Hall–Kier alpha value is -3.69. The summed E-state index contributed by atoms with van der Waals surface area (Å²) in [5.74, 6) is -0.424. The zero-order valence-electron chi connectivity index (χ0n) is 23.1. The Kier molecular flexibility index (Phi) is 7.57. The van der Waals surface area contributed by atoms with E-state index in [4.69, 9.17) is 19.9 Å². The Morgan fingerprint density at radius 2 is 1.95 bits per heavy atom. The van der Waals surface area contributed by atoms with Crippen LogP contribution in [0, 0.1) is 0 Å². The molecule has 0 saturated carbocycles. The third-order valence-electron chi connectivity index (χ3n) is 7.15. The van der Waals surface area contributed by atoms with Gasteiger partial charge in [0.1, 0.15) is 30.2 Å². The Balaban J connectivity index is 0.996. The highest BCUT2D eigenvalue weighted by atomic mass is 32.1. The lowest BCUT2D eigenvalue weighted by Gasteiger charge is -2.27. The molecular weight excluding hydrogens is 546 g/mol. The van der Waals surface area contributed by atoms with E-state index in [1.807, 2.05) is 55.1 Å². The first-order chi connectivity index (χ1) is 19.8. The Labute approximate surface area is 241 Å². The van der Waals surface area contributed by atoms with Gasteiger partial charge in [0.15, 0.2) is 23.5 Å². The fraction of sp³-hybridized carbons (Fsp3) is 0.444. The Bertz CT molecular complexity index is 1490. The summed E-state index contributed by atoms with van der Waals surface area (Å²) in [6.45, 7) is 5.72. The number of nitrogens with one attached hydrogen (secondary N) is 2. The molecule has 1 aromatic carbocycles. The first-order valence-electron chi connectivity index (χ1n) is 13.4. The molecule has 14 heteroatoms. The van der Waals surface area contributed by atoms with Crippen LogP contribution >= 0.6 is 11.3 Å². The number of benzene rings is 1. The molecule has 216 valence electrons. The van der Waals surface area contributed by atoms with Crippen molar-refractivity contribution in [3.05, 3.63) is 47.8 Å². The third-order valence-corrected chi connectivity index (χ3v) is 7.74. The number of nitrogens with zero attached hydrogens (tertiary/aromatic N) is 6. The van der Waals surface area contributed by atoms with Crippen LogP contribution in [-0.4, -0.2) is 86.2 Å². The number of thiazole rings is 1. The largest absolute Gasteiger partial charge is 0.382 e. The van der Waals surface area contributed by atoms with Crippen molar-refractivity contribution in [3.8, 4) is 11.3 Å². The van der Waals surface area contributed by atoms with Crippen LogP contribution in [0.1, 0.15) is 26.5 Å². The zero-order chi connectivity index (χ0) is 28.6. The summed E-state index contributed by atoms with van der Waals surface area (Å²) >= 11 is 1.55. The van der Waals surface area contributed by atoms with Gasteiger partial charge in [-0.05, 0) is 46.0 Å². The number of hydrogen-bond donors (Lipinski definition) is 3. The average Bonchev–Trinajstić information content (AvgIpc) is 3.73. The quantitative estimate of drug-likeness (QED) is 0.252. The number of nitrogen functional groups attached to an aromatic ring is 1. The number of rotatable bonds is 9. The van der Waals surface area contributed by atoms with E-state index in [0.717, 1.165) is 29.9 Å². The number of ether oxygens (including phenoxy) is 3. The minimum Gasteiger partial charge on any atom is -0.382 e. The number of nitrogens with two attached hydrogens (primary N) is 1. The molecule has 0 bridgehead atoms. The molecule has 0 unspecified atom stereocenters. The van der Waals surface area contributed by atoms with Gasteiger partial charge < -0.3 is 35.5 Å². The number of aromatic nitrogens is 5. The van der Waals surface area contributed by atoms with Crippen molar-refractivity contribution in [1.29, 1.82) is 0 Å². The summed E-state index contributed by atoms with van der Waals surface area (Å²) in [7, 11) is 2.02. The molecular formula is C27H33N9O4S. The molecule has 2 saturated heterocycles. The number of fused-ring (bicyclic) bond motifs is 2. The fourth-order valence-electron chi connectivity index (χ4n) is 5.29. The maximum atomic E-state index is 12.4. The number of imidazole rings is 1. The molecule has 0 spiro atoms. The molecule has 0 radical (unpaired) electrons. The van der Waals surface area contributed by atoms with E-state index in [1.165, 1.54) is 6.33 Å². The van der Waals surface area contributed by atoms with Crippen molar-refractivity contribution in [2.24, 2.45) is 0 Å². The van der Waals surface area contributed by atoms with Gasteiger partial charge in [-0.25, -0.2) is 24.7 Å². The number of hydrogen-bond acceptors (Lipinski definition) is 11. The van der Waals surface area contributed by atoms with Gasteiger partial charge in [0.2, 0.25) is 0 Å². The number of amides is 2. The normalized spacial score (nSPS) is 23.2. The van der Waals surface area contributed by atoms with Gasteiger partial charge in [-0.15, -0.1) is 11.3 Å². The molecule has 4 N–H and O–H groups in total. The summed E-state index contributed by atoms with van der Waals surface area (Å²) in [6.07, 6.45) is 2.53. The first kappa shape index (κ1) is 27.5. The highest BCUT2D eigenvalue weighted by molar-refractivity contribution is 7.07. The van der Waals surface area contributed by atoms with Gasteiger partial charge in [0.25, 0.3) is 0 Å². The molecule has 4 atom stereocenters. The van der Waals surface area contributed by atoms with E-state index in [9.17, 15) is 4.79 Å². The van der Waals surface area contributed by atoms with Crippen LogP contribution in [0.15, 0.2) is 47.8 Å². The van der Waals surface area contributed by atoms with Gasteiger partial charge in [-0.3, -0.25) is 4.57 Å². The number of urea groups is 1. The standard InChI is InChI=1S/C27H33N9O4S/c1-27(2)39-21-19(38-25(22(21)40-27)36-14-32-20-23(28)30-13-31-24(20)36)11-35(3)10-4-9-29-26(37)34-17-7-5-16(6-8-17)18-12-41-15-33-18/h5-8,12-15,19,21-22,25H,4,9-11H2,1-3H3,(H2,28,30,31)(H2,29,34,37)/t19-,21-,22-,25-/m1/s1. The van der Waals surface area contributed by atoms with E-state index in [2.05, 4.69) is 35.5 Å². The molecule has 2 aliphatic rings. The minimum absolute atomic E-state index is 0.239. The predicted molar refractivity (Wildman–Crippen MR) is 154 cm³/mol. The smallest absolute Gasteiger partial charge is 0.319 e. The van der Waals surface area contributed by atoms with E-state index in [-0.39, 0.29) is 24.3 Å². The molecule has 6 rings (SSSR count). The Morgan fingerprint density at radius 1 is 1.15 bits per heavy atom. The zero-order valence-corrected chi connectivity index (χ0v) is 23.9. The fourth-order valence-corrected chi connectivity index (χ4v) is 5.85. The second kappa shape index (κ2) is 11.3. The monoisotopic (exact) mass is 579 g/mol. The lowest BCUT2D eigenvalue weighted by Crippen LogP contribution is -2.39. The van der Waals surface area contributed by atoms with Crippen LogP contribution < -0.4 is 16.4 Å². The summed E-state index contributed by atoms with van der Waals surface area (Å²) in [4.78, 5) is 31.6. The highest BCUT2D eigenvalue weighted by Gasteiger charge is 2.56. The number of carbonyl (C=O) groups is 1. The number of likely N-dealkylation sites (N-methyl/N-ethyl adjacent to an activating group) is 1. The predicted octanol–water partition coefficient (Wildman–Crippen LogP) is 3.09. The SMILES string of the molecule is CN(CCCNC(=O)Nc1ccc(-c2cscn2)cc1)C[C@H]1O[C@@H](n2cnc3c(N)ncnc32)[C@@H]2OC(C)(C)O[C@@H]21. The highest BCUT2D eigenvalue weighted by Crippen LogP contribution is 2.44. The summed E-state index contributed by atoms with van der Waals surface area (Å²) < 4.78 is 20.8. The molecule has 2 fully saturated rings. The molecule has 3 aromatic heterocycles. The van der Waals surface area contributed by atoms with Crippen LogP contribution in [0.4, 0.5) is 16.3 Å². The lowest BCUT2D eigenvalue weighted by atomic mass is 10.1. The van der Waals surface area contributed by atoms with Crippen molar-refractivity contribution in [3.63, 3.8) is 0 Å². The Morgan fingerprint density at radius 3 is 2.73 bits per heavy atom. The van der Waals surface area contributed by atoms with E-state index < -0.39 is 12.0 Å². The van der Waals surface area contributed by atoms with E-state index in [0.29, 0.717) is 30.1 Å².